The number of imidazole rings is 1. The van der Waals surface area contributed by atoms with Gasteiger partial charge in [0.25, 0.3) is 5.91 Å². The predicted molar refractivity (Wildman–Crippen MR) is 98.9 cm³/mol. The highest BCUT2D eigenvalue weighted by atomic mass is 35.5. The molecule has 0 saturated heterocycles. The SMILES string of the molecule is CCOC(=O)c1ncn(-c2ccc(Cl)cc2)c1NC(=O)c1ccccc1F. The number of hydrogen-bond donors (Lipinski definition) is 1. The number of carbonyl (C=O) groups excluding carboxylic acids is 2. The number of halogens is 2. The van der Waals surface area contributed by atoms with Crippen LogP contribution in [0.2, 0.25) is 5.02 Å². The van der Waals surface area contributed by atoms with Gasteiger partial charge in [-0.15, -0.1) is 0 Å². The molecule has 0 aliphatic rings. The molecule has 0 aliphatic carbocycles. The Hall–Kier alpha value is -3.19. The summed E-state index contributed by atoms with van der Waals surface area (Å²) < 4.78 is 20.4. The van der Waals surface area contributed by atoms with Crippen LogP contribution in [0, 0.1) is 5.82 Å². The van der Waals surface area contributed by atoms with Gasteiger partial charge in [-0.2, -0.15) is 0 Å². The fourth-order valence-corrected chi connectivity index (χ4v) is 2.56. The molecule has 1 aromatic heterocycles. The van der Waals surface area contributed by atoms with Crippen LogP contribution in [-0.4, -0.2) is 28.0 Å². The first-order valence-electron chi connectivity index (χ1n) is 8.07. The van der Waals surface area contributed by atoms with Crippen molar-refractivity contribution in [3.63, 3.8) is 0 Å². The van der Waals surface area contributed by atoms with Gasteiger partial charge in [-0.25, -0.2) is 14.2 Å². The molecule has 1 heterocycles. The minimum atomic E-state index is -0.714. The summed E-state index contributed by atoms with van der Waals surface area (Å²) in [6.07, 6.45) is 1.37. The highest BCUT2D eigenvalue weighted by Crippen LogP contribution is 2.23. The Morgan fingerprint density at radius 2 is 1.89 bits per heavy atom. The Labute approximate surface area is 159 Å². The van der Waals surface area contributed by atoms with Crippen LogP contribution in [0.15, 0.2) is 54.9 Å². The Morgan fingerprint density at radius 1 is 1.19 bits per heavy atom. The summed E-state index contributed by atoms with van der Waals surface area (Å²) in [5.41, 5.74) is 0.360. The smallest absolute Gasteiger partial charge is 0.360 e. The van der Waals surface area contributed by atoms with Gasteiger partial charge in [0.15, 0.2) is 11.5 Å². The maximum absolute atomic E-state index is 13.9. The number of aromatic nitrogens is 2. The molecule has 138 valence electrons. The average molecular weight is 388 g/mol. The Morgan fingerprint density at radius 3 is 2.56 bits per heavy atom. The van der Waals surface area contributed by atoms with Crippen LogP contribution >= 0.6 is 11.6 Å². The summed E-state index contributed by atoms with van der Waals surface area (Å²) in [6.45, 7) is 1.80. The van der Waals surface area contributed by atoms with Crippen molar-refractivity contribution in [3.05, 3.63) is 77.0 Å². The number of benzene rings is 2. The molecule has 27 heavy (non-hydrogen) atoms. The monoisotopic (exact) mass is 387 g/mol. The van der Waals surface area contributed by atoms with Crippen molar-refractivity contribution in [1.82, 2.24) is 9.55 Å². The largest absolute Gasteiger partial charge is 0.461 e. The molecule has 8 heteroatoms. The van der Waals surface area contributed by atoms with E-state index in [1.165, 1.54) is 29.1 Å². The van der Waals surface area contributed by atoms with Crippen molar-refractivity contribution in [2.45, 2.75) is 6.92 Å². The maximum Gasteiger partial charge on any atom is 0.360 e. The number of rotatable bonds is 5. The van der Waals surface area contributed by atoms with Gasteiger partial charge in [0.2, 0.25) is 0 Å². The maximum atomic E-state index is 13.9. The van der Waals surface area contributed by atoms with Crippen LogP contribution in [0.3, 0.4) is 0 Å². The lowest BCUT2D eigenvalue weighted by atomic mass is 10.2. The van der Waals surface area contributed by atoms with Crippen LogP contribution in [-0.2, 0) is 4.74 Å². The van der Waals surface area contributed by atoms with Crippen LogP contribution in [0.25, 0.3) is 5.69 Å². The highest BCUT2D eigenvalue weighted by Gasteiger charge is 2.23. The first-order chi connectivity index (χ1) is 13.0. The molecule has 0 aliphatic heterocycles. The van der Waals surface area contributed by atoms with E-state index < -0.39 is 17.7 Å². The second kappa shape index (κ2) is 8.01. The average Bonchev–Trinajstić information content (AvgIpc) is 3.06. The molecular weight excluding hydrogens is 373 g/mol. The highest BCUT2D eigenvalue weighted by molar-refractivity contribution is 6.30. The van der Waals surface area contributed by atoms with E-state index in [0.29, 0.717) is 10.7 Å². The van der Waals surface area contributed by atoms with Gasteiger partial charge in [0.05, 0.1) is 12.2 Å². The fourth-order valence-electron chi connectivity index (χ4n) is 2.43. The summed E-state index contributed by atoms with van der Waals surface area (Å²) in [4.78, 5) is 28.8. The molecule has 0 fully saturated rings. The summed E-state index contributed by atoms with van der Waals surface area (Å²) in [6, 6.07) is 12.2. The molecule has 6 nitrogen and oxygen atoms in total. The summed E-state index contributed by atoms with van der Waals surface area (Å²) in [5, 5.41) is 3.09. The molecule has 0 saturated carbocycles. The van der Waals surface area contributed by atoms with Crippen molar-refractivity contribution in [1.29, 1.82) is 0 Å². The number of nitrogens with one attached hydrogen (secondary N) is 1. The molecule has 0 radical (unpaired) electrons. The van der Waals surface area contributed by atoms with Crippen molar-refractivity contribution in [2.24, 2.45) is 0 Å². The van der Waals surface area contributed by atoms with E-state index in [4.69, 9.17) is 16.3 Å². The molecular formula is C19H15ClFN3O3. The second-order valence-electron chi connectivity index (χ2n) is 5.44. The number of anilines is 1. The lowest BCUT2D eigenvalue weighted by Crippen LogP contribution is -2.19. The second-order valence-corrected chi connectivity index (χ2v) is 5.88. The van der Waals surface area contributed by atoms with E-state index in [2.05, 4.69) is 10.3 Å². The first-order valence-corrected chi connectivity index (χ1v) is 8.45. The zero-order valence-corrected chi connectivity index (χ0v) is 15.0. The third-order valence-electron chi connectivity index (χ3n) is 3.69. The Balaban J connectivity index is 2.03. The minimum Gasteiger partial charge on any atom is -0.461 e. The van der Waals surface area contributed by atoms with E-state index >= 15 is 0 Å². The molecule has 3 rings (SSSR count). The number of nitrogens with zero attached hydrogens (tertiary/aromatic N) is 2. The third-order valence-corrected chi connectivity index (χ3v) is 3.94. The minimum absolute atomic E-state index is 0.0732. The van der Waals surface area contributed by atoms with Crippen molar-refractivity contribution in [3.8, 4) is 5.69 Å². The van der Waals surface area contributed by atoms with Gasteiger partial charge >= 0.3 is 5.97 Å². The molecule has 0 atom stereocenters. The van der Waals surface area contributed by atoms with Gasteiger partial charge in [-0.3, -0.25) is 9.36 Å². The lowest BCUT2D eigenvalue weighted by molar-refractivity contribution is 0.0521. The molecule has 1 N–H and O–H groups in total. The normalized spacial score (nSPS) is 10.5. The van der Waals surface area contributed by atoms with E-state index in [9.17, 15) is 14.0 Å². The number of hydrogen-bond acceptors (Lipinski definition) is 4. The number of carbonyl (C=O) groups is 2. The van der Waals surface area contributed by atoms with Crippen LogP contribution in [0.1, 0.15) is 27.8 Å². The van der Waals surface area contributed by atoms with Gasteiger partial charge in [-0.05, 0) is 43.3 Å². The van der Waals surface area contributed by atoms with E-state index in [1.54, 1.807) is 37.3 Å². The summed E-state index contributed by atoms with van der Waals surface area (Å²) in [7, 11) is 0. The molecule has 1 amide bonds. The molecule has 2 aromatic carbocycles. The van der Waals surface area contributed by atoms with Gasteiger partial charge in [0, 0.05) is 10.7 Å². The number of ether oxygens (including phenoxy) is 1. The van der Waals surface area contributed by atoms with Gasteiger partial charge in [0.1, 0.15) is 12.1 Å². The van der Waals surface area contributed by atoms with E-state index in [0.717, 1.165) is 0 Å². The summed E-state index contributed by atoms with van der Waals surface area (Å²) in [5.74, 6) is -2.02. The topological polar surface area (TPSA) is 73.2 Å². The summed E-state index contributed by atoms with van der Waals surface area (Å²) >= 11 is 5.91. The fraction of sp³-hybridized carbons (Fsp3) is 0.105. The number of amides is 1. The zero-order chi connectivity index (χ0) is 19.4. The Bertz CT molecular complexity index is 986. The predicted octanol–water partition coefficient (Wildman–Crippen LogP) is 4.09. The number of esters is 1. The van der Waals surface area contributed by atoms with Crippen LogP contribution in [0.4, 0.5) is 10.2 Å². The van der Waals surface area contributed by atoms with Crippen molar-refractivity contribution in [2.75, 3.05) is 11.9 Å². The zero-order valence-electron chi connectivity index (χ0n) is 14.3. The van der Waals surface area contributed by atoms with Gasteiger partial charge < -0.3 is 10.1 Å². The van der Waals surface area contributed by atoms with E-state index in [1.807, 2.05) is 0 Å². The van der Waals surface area contributed by atoms with Gasteiger partial charge in [-0.1, -0.05) is 23.7 Å². The lowest BCUT2D eigenvalue weighted by Gasteiger charge is -2.12. The quantitative estimate of drug-likeness (QED) is 0.669. The molecule has 0 bridgehead atoms. The third kappa shape index (κ3) is 3.98. The van der Waals surface area contributed by atoms with Crippen molar-refractivity contribution < 1.29 is 18.7 Å². The van der Waals surface area contributed by atoms with E-state index in [-0.39, 0.29) is 23.7 Å². The molecule has 0 spiro atoms. The van der Waals surface area contributed by atoms with Crippen LogP contribution < -0.4 is 5.32 Å². The molecule has 0 unspecified atom stereocenters. The first kappa shape index (κ1) is 18.6. The Kier molecular flexibility index (Phi) is 5.52. The standard InChI is InChI=1S/C19H15ClFN3O3/c1-2-27-19(26)16-17(23-18(25)14-5-3-4-6-15(14)21)24(11-22-16)13-9-7-12(20)8-10-13/h3-11H,2H2,1H3,(H,23,25). The van der Waals surface area contributed by atoms with Crippen LogP contribution in [0.5, 0.6) is 0 Å². The molecule has 3 aromatic rings. The van der Waals surface area contributed by atoms with Crippen molar-refractivity contribution >= 4 is 29.3 Å².